The van der Waals surface area contributed by atoms with Crippen molar-refractivity contribution in [2.24, 2.45) is 0 Å². The van der Waals surface area contributed by atoms with E-state index < -0.39 is 11.8 Å². The van der Waals surface area contributed by atoms with E-state index in [1.807, 2.05) is 63.2 Å². The van der Waals surface area contributed by atoms with Gasteiger partial charge < -0.3 is 14.4 Å². The molecule has 0 saturated carbocycles. The maximum atomic E-state index is 12.9. The lowest BCUT2D eigenvalue weighted by Crippen LogP contribution is -2.35. The molecule has 0 atom stereocenters. The first-order chi connectivity index (χ1) is 14.9. The van der Waals surface area contributed by atoms with Crippen molar-refractivity contribution in [3.05, 3.63) is 59.2 Å². The molecule has 0 aromatic heterocycles. The minimum atomic E-state index is -0.447. The zero-order valence-corrected chi connectivity index (χ0v) is 18.5. The van der Waals surface area contributed by atoms with E-state index in [-0.39, 0.29) is 5.57 Å². The van der Waals surface area contributed by atoms with E-state index in [9.17, 15) is 9.59 Å². The molecule has 0 radical (unpaired) electrons. The lowest BCUT2D eigenvalue weighted by molar-refractivity contribution is -0.117. The summed E-state index contributed by atoms with van der Waals surface area (Å²) in [6.45, 7) is 5.77. The van der Waals surface area contributed by atoms with Gasteiger partial charge in [0, 0.05) is 17.7 Å². The van der Waals surface area contributed by atoms with Crippen LogP contribution < -0.4 is 19.9 Å². The normalized spacial score (nSPS) is 15.0. The molecule has 1 heterocycles. The second-order valence-corrected chi connectivity index (χ2v) is 7.58. The molecule has 7 nitrogen and oxygen atoms in total. The van der Waals surface area contributed by atoms with Crippen LogP contribution in [0.15, 0.2) is 48.0 Å². The van der Waals surface area contributed by atoms with Gasteiger partial charge in [-0.3, -0.25) is 15.0 Å². The number of likely N-dealkylation sites (N-methyl/N-ethyl adjacent to an activating group) is 1. The number of hydrazine groups is 1. The van der Waals surface area contributed by atoms with Crippen LogP contribution in [0.2, 0.25) is 0 Å². The summed E-state index contributed by atoms with van der Waals surface area (Å²) < 4.78 is 11.9. The highest BCUT2D eigenvalue weighted by Gasteiger charge is 2.34. The predicted molar refractivity (Wildman–Crippen MR) is 121 cm³/mol. The van der Waals surface area contributed by atoms with Crippen LogP contribution in [-0.4, -0.2) is 50.6 Å². The number of para-hydroxylation sites is 1. The Bertz CT molecular complexity index is 970. The Hall–Kier alpha value is -3.32. The van der Waals surface area contributed by atoms with E-state index >= 15 is 0 Å². The van der Waals surface area contributed by atoms with Crippen molar-refractivity contribution in [2.45, 2.75) is 20.3 Å². The summed E-state index contributed by atoms with van der Waals surface area (Å²) in [6, 6.07) is 12.7. The monoisotopic (exact) mass is 423 g/mol. The molecule has 1 aliphatic heterocycles. The van der Waals surface area contributed by atoms with Crippen molar-refractivity contribution in [2.75, 3.05) is 38.9 Å². The molecule has 2 amide bonds. The standard InChI is InChI=1S/C24H29N3O4/c1-5-14-30-21-12-11-18(22(17(21)2)31-15-13-26(3)4)16-20-23(28)25-27(24(20)29)19-9-7-6-8-10-19/h6-12,16H,5,13-15H2,1-4H3,(H,25,28)/b20-16-. The lowest BCUT2D eigenvalue weighted by atomic mass is 10.0. The summed E-state index contributed by atoms with van der Waals surface area (Å²) in [5, 5.41) is 1.26. The highest BCUT2D eigenvalue weighted by molar-refractivity contribution is 6.31. The first-order valence-corrected chi connectivity index (χ1v) is 10.4. The van der Waals surface area contributed by atoms with Crippen LogP contribution in [0.25, 0.3) is 6.08 Å². The first-order valence-electron chi connectivity index (χ1n) is 10.4. The van der Waals surface area contributed by atoms with Gasteiger partial charge in [0.15, 0.2) is 0 Å². The van der Waals surface area contributed by atoms with Crippen LogP contribution in [-0.2, 0) is 9.59 Å². The minimum Gasteiger partial charge on any atom is -0.493 e. The molecule has 0 bridgehead atoms. The van der Waals surface area contributed by atoms with Gasteiger partial charge in [-0.1, -0.05) is 25.1 Å². The number of rotatable bonds is 9. The second-order valence-electron chi connectivity index (χ2n) is 7.58. The Balaban J connectivity index is 1.94. The number of carbonyl (C=O) groups is 2. The molecule has 0 unspecified atom stereocenters. The van der Waals surface area contributed by atoms with Crippen molar-refractivity contribution in [3.63, 3.8) is 0 Å². The van der Waals surface area contributed by atoms with Crippen molar-refractivity contribution >= 4 is 23.6 Å². The van der Waals surface area contributed by atoms with Crippen molar-refractivity contribution < 1.29 is 19.1 Å². The van der Waals surface area contributed by atoms with Gasteiger partial charge in [-0.2, -0.15) is 0 Å². The van der Waals surface area contributed by atoms with Crippen LogP contribution in [0.4, 0.5) is 5.69 Å². The Morgan fingerprint density at radius 1 is 1.03 bits per heavy atom. The van der Waals surface area contributed by atoms with E-state index in [1.165, 1.54) is 5.01 Å². The maximum Gasteiger partial charge on any atom is 0.282 e. The molecule has 1 saturated heterocycles. The number of anilines is 1. The van der Waals surface area contributed by atoms with Gasteiger partial charge in [0.1, 0.15) is 23.7 Å². The SMILES string of the molecule is CCCOc1ccc(/C=C2/C(=O)NN(c3ccccc3)C2=O)c(OCCN(C)C)c1C. The van der Waals surface area contributed by atoms with Gasteiger partial charge in [0.25, 0.3) is 11.8 Å². The van der Waals surface area contributed by atoms with Gasteiger partial charge >= 0.3 is 0 Å². The minimum absolute atomic E-state index is 0.0583. The van der Waals surface area contributed by atoms with Crippen molar-refractivity contribution in [3.8, 4) is 11.5 Å². The molecular weight excluding hydrogens is 394 g/mol. The molecule has 2 aromatic rings. The van der Waals surface area contributed by atoms with Gasteiger partial charge in [0.05, 0.1) is 12.3 Å². The molecule has 2 aromatic carbocycles. The van der Waals surface area contributed by atoms with E-state index in [1.54, 1.807) is 18.2 Å². The first kappa shape index (κ1) is 22.4. The van der Waals surface area contributed by atoms with Crippen LogP contribution in [0.5, 0.6) is 11.5 Å². The molecule has 31 heavy (non-hydrogen) atoms. The van der Waals surface area contributed by atoms with E-state index in [4.69, 9.17) is 9.47 Å². The van der Waals surface area contributed by atoms with Crippen LogP contribution >= 0.6 is 0 Å². The van der Waals surface area contributed by atoms with Crippen LogP contribution in [0.1, 0.15) is 24.5 Å². The zero-order chi connectivity index (χ0) is 22.4. The number of carbonyl (C=O) groups excluding carboxylic acids is 2. The average molecular weight is 424 g/mol. The maximum absolute atomic E-state index is 12.9. The lowest BCUT2D eigenvalue weighted by Gasteiger charge is -2.18. The smallest absolute Gasteiger partial charge is 0.282 e. The molecule has 164 valence electrons. The summed E-state index contributed by atoms with van der Waals surface area (Å²) in [4.78, 5) is 27.5. The van der Waals surface area contributed by atoms with E-state index in [2.05, 4.69) is 5.43 Å². The topological polar surface area (TPSA) is 71.1 Å². The Kier molecular flexibility index (Phi) is 7.31. The highest BCUT2D eigenvalue weighted by Crippen LogP contribution is 2.34. The molecule has 0 spiro atoms. The van der Waals surface area contributed by atoms with Crippen LogP contribution in [0, 0.1) is 6.92 Å². The molecule has 1 fully saturated rings. The number of nitrogens with one attached hydrogen (secondary N) is 1. The molecule has 7 heteroatoms. The Labute approximate surface area is 183 Å². The zero-order valence-electron chi connectivity index (χ0n) is 18.5. The quantitative estimate of drug-likeness (QED) is 0.496. The third-order valence-electron chi connectivity index (χ3n) is 4.84. The number of amides is 2. The summed E-state index contributed by atoms with van der Waals surface area (Å²) in [5.41, 5.74) is 4.79. The molecule has 3 rings (SSSR count). The fraction of sp³-hybridized carbons (Fsp3) is 0.333. The number of hydrogen-bond donors (Lipinski definition) is 1. The predicted octanol–water partition coefficient (Wildman–Crippen LogP) is 3.19. The molecule has 1 aliphatic rings. The van der Waals surface area contributed by atoms with Crippen LogP contribution in [0.3, 0.4) is 0 Å². The van der Waals surface area contributed by atoms with E-state index in [0.717, 1.165) is 24.3 Å². The molecule has 1 N–H and O–H groups in total. The van der Waals surface area contributed by atoms with Gasteiger partial charge in [0.2, 0.25) is 0 Å². The Morgan fingerprint density at radius 3 is 2.45 bits per heavy atom. The van der Waals surface area contributed by atoms with Gasteiger partial charge in [-0.15, -0.1) is 0 Å². The Morgan fingerprint density at radius 2 is 1.77 bits per heavy atom. The van der Waals surface area contributed by atoms with Gasteiger partial charge in [-0.25, -0.2) is 5.01 Å². The van der Waals surface area contributed by atoms with Crippen molar-refractivity contribution in [1.82, 2.24) is 10.3 Å². The summed E-state index contributed by atoms with van der Waals surface area (Å²) in [5.74, 6) is 0.496. The number of hydrogen-bond acceptors (Lipinski definition) is 5. The number of ether oxygens (including phenoxy) is 2. The molecular formula is C24H29N3O4. The number of nitrogens with zero attached hydrogens (tertiary/aromatic N) is 2. The summed E-state index contributed by atoms with van der Waals surface area (Å²) >= 11 is 0. The third-order valence-corrected chi connectivity index (χ3v) is 4.84. The highest BCUT2D eigenvalue weighted by atomic mass is 16.5. The van der Waals surface area contributed by atoms with E-state index in [0.29, 0.717) is 30.2 Å². The number of benzene rings is 2. The summed E-state index contributed by atoms with van der Waals surface area (Å²) in [7, 11) is 3.94. The van der Waals surface area contributed by atoms with Gasteiger partial charge in [-0.05, 0) is 57.8 Å². The van der Waals surface area contributed by atoms with Crippen molar-refractivity contribution in [1.29, 1.82) is 0 Å². The second kappa shape index (κ2) is 10.1. The summed E-state index contributed by atoms with van der Waals surface area (Å²) in [6.07, 6.45) is 2.48. The third kappa shape index (κ3) is 5.24. The largest absolute Gasteiger partial charge is 0.493 e. The average Bonchev–Trinajstić information content (AvgIpc) is 3.03. The fourth-order valence-corrected chi connectivity index (χ4v) is 3.17. The fourth-order valence-electron chi connectivity index (χ4n) is 3.17. The molecule has 0 aliphatic carbocycles.